The number of nitrogens with one attached hydrogen (secondary N) is 2. The fourth-order valence-electron chi connectivity index (χ4n) is 5.32. The van der Waals surface area contributed by atoms with Gasteiger partial charge in [-0.05, 0) is 36.2 Å². The third-order valence-corrected chi connectivity index (χ3v) is 7.26. The lowest BCUT2D eigenvalue weighted by atomic mass is 9.91. The average Bonchev–Trinajstić information content (AvgIpc) is 3.31. The second-order valence-corrected chi connectivity index (χ2v) is 9.75. The zero-order chi connectivity index (χ0) is 29.1. The number of benzene rings is 2. The van der Waals surface area contributed by atoms with Crippen LogP contribution in [-0.4, -0.2) is 51.8 Å². The minimum Gasteiger partial charge on any atom is -0.349 e. The molecule has 2 aliphatic heterocycles. The van der Waals surface area contributed by atoms with Crippen molar-refractivity contribution < 1.29 is 27.6 Å². The Kier molecular flexibility index (Phi) is 7.78. The van der Waals surface area contributed by atoms with Gasteiger partial charge in [0.25, 0.3) is 5.91 Å². The van der Waals surface area contributed by atoms with Crippen molar-refractivity contribution in [2.75, 3.05) is 13.1 Å². The average molecular weight is 564 g/mol. The summed E-state index contributed by atoms with van der Waals surface area (Å²) < 4.78 is 41.9. The Morgan fingerprint density at radius 1 is 1.05 bits per heavy atom. The van der Waals surface area contributed by atoms with Gasteiger partial charge in [-0.3, -0.25) is 19.5 Å². The van der Waals surface area contributed by atoms with Crippen LogP contribution in [-0.2, 0) is 28.7 Å². The van der Waals surface area contributed by atoms with Crippen molar-refractivity contribution in [3.63, 3.8) is 0 Å². The second-order valence-electron chi connectivity index (χ2n) is 9.75. The van der Waals surface area contributed by atoms with E-state index >= 15 is 0 Å². The molecule has 0 unspecified atom stereocenters. The van der Waals surface area contributed by atoms with Crippen molar-refractivity contribution in [1.29, 1.82) is 0 Å². The lowest BCUT2D eigenvalue weighted by Gasteiger charge is -2.33. The molecule has 1 aromatic heterocycles. The fraction of sp³-hybridized carbons (Fsp3) is 0.267. The highest BCUT2D eigenvalue weighted by molar-refractivity contribution is 6.03. The van der Waals surface area contributed by atoms with Crippen molar-refractivity contribution in [3.8, 4) is 0 Å². The molecule has 2 atom stereocenters. The molecule has 41 heavy (non-hydrogen) atoms. The lowest BCUT2D eigenvalue weighted by molar-refractivity contribution is -0.138. The van der Waals surface area contributed by atoms with E-state index in [2.05, 4.69) is 15.6 Å². The number of aromatic nitrogens is 1. The van der Waals surface area contributed by atoms with Gasteiger partial charge in [-0.2, -0.15) is 13.2 Å². The molecule has 4 amide bonds. The summed E-state index contributed by atoms with van der Waals surface area (Å²) >= 11 is 0. The number of carbonyl (C=O) groups excluding carboxylic acids is 3. The molecule has 11 heteroatoms. The number of hydrogen-bond donors (Lipinski definition) is 2. The largest absolute Gasteiger partial charge is 0.416 e. The smallest absolute Gasteiger partial charge is 0.349 e. The van der Waals surface area contributed by atoms with Crippen molar-refractivity contribution in [1.82, 2.24) is 25.4 Å². The van der Waals surface area contributed by atoms with Crippen molar-refractivity contribution in [3.05, 3.63) is 113 Å². The number of urea groups is 1. The van der Waals surface area contributed by atoms with Crippen LogP contribution in [0.25, 0.3) is 0 Å². The van der Waals surface area contributed by atoms with Crippen LogP contribution in [0.4, 0.5) is 18.0 Å². The molecule has 8 nitrogen and oxygen atoms in total. The van der Waals surface area contributed by atoms with Crippen molar-refractivity contribution in [2.24, 2.45) is 0 Å². The maximum Gasteiger partial charge on any atom is 0.416 e. The zero-order valence-corrected chi connectivity index (χ0v) is 22.2. The fourth-order valence-corrected chi connectivity index (χ4v) is 5.32. The van der Waals surface area contributed by atoms with E-state index in [1.807, 2.05) is 30.3 Å². The molecule has 0 saturated heterocycles. The molecule has 212 valence electrons. The van der Waals surface area contributed by atoms with Crippen molar-refractivity contribution >= 4 is 17.8 Å². The molecule has 0 aliphatic carbocycles. The summed E-state index contributed by atoms with van der Waals surface area (Å²) in [6, 6.07) is 16.4. The van der Waals surface area contributed by atoms with Gasteiger partial charge in [0.15, 0.2) is 0 Å². The van der Waals surface area contributed by atoms with E-state index in [0.717, 1.165) is 11.6 Å². The van der Waals surface area contributed by atoms with Gasteiger partial charge in [-0.15, -0.1) is 0 Å². The van der Waals surface area contributed by atoms with Gasteiger partial charge >= 0.3 is 12.2 Å². The maximum atomic E-state index is 14.1. The highest BCUT2D eigenvalue weighted by Gasteiger charge is 2.48. The number of likely N-dealkylation sites (N-methyl/N-ethyl adjacent to an activating group) is 1. The predicted octanol–water partition coefficient (Wildman–Crippen LogP) is 4.21. The molecular formula is C30H28F3N5O3. The second kappa shape index (κ2) is 11.4. The van der Waals surface area contributed by atoms with Gasteiger partial charge in [0.05, 0.1) is 41.7 Å². The molecule has 0 fully saturated rings. The first-order valence-corrected chi connectivity index (χ1v) is 13.2. The van der Waals surface area contributed by atoms with E-state index in [1.54, 1.807) is 31.3 Å². The van der Waals surface area contributed by atoms with Crippen LogP contribution in [0.3, 0.4) is 0 Å². The molecule has 0 saturated carbocycles. The Morgan fingerprint density at radius 3 is 2.44 bits per heavy atom. The van der Waals surface area contributed by atoms with E-state index in [9.17, 15) is 27.6 Å². The van der Waals surface area contributed by atoms with Gasteiger partial charge in [0.2, 0.25) is 5.91 Å². The summed E-state index contributed by atoms with van der Waals surface area (Å²) in [7, 11) is 0. The van der Waals surface area contributed by atoms with E-state index < -0.39 is 41.7 Å². The first-order valence-electron chi connectivity index (χ1n) is 13.2. The normalized spacial score (nSPS) is 17.8. The Hall–Kier alpha value is -4.67. The van der Waals surface area contributed by atoms with Gasteiger partial charge in [-0.25, -0.2) is 4.79 Å². The molecule has 2 aliphatic rings. The van der Waals surface area contributed by atoms with Crippen LogP contribution < -0.4 is 10.6 Å². The van der Waals surface area contributed by atoms with Gasteiger partial charge in [-0.1, -0.05) is 54.6 Å². The third kappa shape index (κ3) is 5.65. The summed E-state index contributed by atoms with van der Waals surface area (Å²) in [6.07, 6.45) is -2.93. The molecule has 3 heterocycles. The van der Waals surface area contributed by atoms with Crippen LogP contribution in [0.15, 0.2) is 90.3 Å². The summed E-state index contributed by atoms with van der Waals surface area (Å²) in [4.78, 5) is 47.7. The third-order valence-electron chi connectivity index (χ3n) is 7.26. The van der Waals surface area contributed by atoms with Gasteiger partial charge < -0.3 is 15.5 Å². The highest BCUT2D eigenvalue weighted by atomic mass is 19.4. The number of rotatable bonds is 8. The Balaban J connectivity index is 1.52. The minimum atomic E-state index is -4.70. The minimum absolute atomic E-state index is 0.0266. The Morgan fingerprint density at radius 2 is 1.76 bits per heavy atom. The number of carbonyl (C=O) groups is 3. The first kappa shape index (κ1) is 27.9. The zero-order valence-electron chi connectivity index (χ0n) is 22.2. The number of alkyl halides is 3. The molecule has 0 radical (unpaired) electrons. The van der Waals surface area contributed by atoms with Crippen LogP contribution in [0.5, 0.6) is 0 Å². The summed E-state index contributed by atoms with van der Waals surface area (Å²) in [5.41, 5.74) is 0.565. The Bertz CT molecular complexity index is 1480. The maximum absolute atomic E-state index is 14.1. The number of nitrogens with zero attached hydrogens (tertiary/aromatic N) is 3. The van der Waals surface area contributed by atoms with E-state index in [-0.39, 0.29) is 37.2 Å². The molecule has 3 aromatic rings. The number of hydrogen-bond acceptors (Lipinski definition) is 4. The number of amides is 4. The van der Waals surface area contributed by atoms with E-state index in [4.69, 9.17) is 0 Å². The van der Waals surface area contributed by atoms with Crippen LogP contribution >= 0.6 is 0 Å². The van der Waals surface area contributed by atoms with E-state index in [0.29, 0.717) is 11.4 Å². The lowest BCUT2D eigenvalue weighted by Crippen LogP contribution is -2.49. The summed E-state index contributed by atoms with van der Waals surface area (Å²) in [6.45, 7) is 1.93. The molecule has 0 bridgehead atoms. The monoisotopic (exact) mass is 563 g/mol. The van der Waals surface area contributed by atoms with Crippen LogP contribution in [0.2, 0.25) is 0 Å². The first-order chi connectivity index (χ1) is 19.7. The quantitative estimate of drug-likeness (QED) is 0.430. The molecule has 2 aromatic carbocycles. The summed E-state index contributed by atoms with van der Waals surface area (Å²) in [5.74, 6) is -1.04. The van der Waals surface area contributed by atoms with E-state index in [1.165, 1.54) is 28.0 Å². The molecular weight excluding hydrogens is 535 g/mol. The molecule has 5 rings (SSSR count). The van der Waals surface area contributed by atoms with Gasteiger partial charge in [0, 0.05) is 19.2 Å². The molecule has 0 spiro atoms. The van der Waals surface area contributed by atoms with Gasteiger partial charge in [0.1, 0.15) is 6.04 Å². The number of pyridine rings is 1. The predicted molar refractivity (Wildman–Crippen MR) is 144 cm³/mol. The highest BCUT2D eigenvalue weighted by Crippen LogP contribution is 2.42. The SMILES string of the molecule is CCN1C(=O)N[C@H](c2ccccc2C(F)(F)F)C2=C1CN([C@@H](Cc1ccccc1)C(=O)NCc1ccccn1)C2=O. The van der Waals surface area contributed by atoms with Crippen LogP contribution in [0.1, 0.15) is 35.3 Å². The van der Waals surface area contributed by atoms with Crippen LogP contribution in [0, 0.1) is 0 Å². The molecule has 2 N–H and O–H groups in total. The standard InChI is InChI=1S/C30H28F3N5O3/c1-2-37-24-18-38(23(16-19-10-4-3-5-11-19)27(39)35-17-20-12-8-9-15-34-20)28(40)25(24)26(36-29(37)41)21-13-6-7-14-22(21)30(31,32)33/h3-15,23,26H,2,16-18H2,1H3,(H,35,39)(H,36,41)/t23-,26+/m0/s1. The topological polar surface area (TPSA) is 94.6 Å². The Labute approximate surface area is 234 Å². The van der Waals surface area contributed by atoms with Crippen molar-refractivity contribution in [2.45, 2.75) is 38.1 Å². The number of halogens is 3. The summed E-state index contributed by atoms with van der Waals surface area (Å²) in [5, 5.41) is 5.45.